The van der Waals surface area contributed by atoms with E-state index >= 15 is 0 Å². The average molecular weight is 260 g/mol. The van der Waals surface area contributed by atoms with Gasteiger partial charge in [0, 0.05) is 10.9 Å². The molecule has 1 aromatic rings. The van der Waals surface area contributed by atoms with Gasteiger partial charge in [0.25, 0.3) is 0 Å². The van der Waals surface area contributed by atoms with Crippen molar-refractivity contribution < 1.29 is 9.47 Å². The molecule has 0 aliphatic rings. The maximum absolute atomic E-state index is 5.25. The molecule has 4 heteroatoms. The van der Waals surface area contributed by atoms with Crippen LogP contribution in [0.4, 0.5) is 0 Å². The van der Waals surface area contributed by atoms with Gasteiger partial charge >= 0.3 is 0 Å². The summed E-state index contributed by atoms with van der Waals surface area (Å²) in [4.78, 5) is 4.04. The maximum Gasteiger partial charge on any atom is 0.144 e. The predicted octanol–water partition coefficient (Wildman–Crippen LogP) is 2.60. The van der Waals surface area contributed by atoms with E-state index in [2.05, 4.69) is 27.8 Å². The summed E-state index contributed by atoms with van der Waals surface area (Å²) in [5.41, 5.74) is 1.06. The van der Waals surface area contributed by atoms with Crippen LogP contribution >= 0.6 is 15.9 Å². The summed E-state index contributed by atoms with van der Waals surface area (Å²) in [5, 5.41) is 0.865. The van der Waals surface area contributed by atoms with Crippen LogP contribution in [0, 0.1) is 0 Å². The summed E-state index contributed by atoms with van der Waals surface area (Å²) in [6.45, 7) is 2.11. The predicted molar refractivity (Wildman–Crippen MR) is 59.6 cm³/mol. The molecule has 1 atom stereocenters. The topological polar surface area (TPSA) is 31.4 Å². The molecule has 0 aromatic carbocycles. The van der Waals surface area contributed by atoms with Crippen molar-refractivity contribution in [3.63, 3.8) is 0 Å². The Morgan fingerprint density at radius 3 is 2.14 bits per heavy atom. The van der Waals surface area contributed by atoms with Crippen molar-refractivity contribution in [2.75, 3.05) is 19.5 Å². The number of nitrogens with zero attached hydrogens (tertiary/aromatic N) is 1. The molecule has 0 spiro atoms. The van der Waals surface area contributed by atoms with Crippen molar-refractivity contribution in [2.24, 2.45) is 0 Å². The van der Waals surface area contributed by atoms with Crippen molar-refractivity contribution in [3.05, 3.63) is 18.0 Å². The fourth-order valence-corrected chi connectivity index (χ4v) is 1.65. The molecule has 0 N–H and O–H groups in total. The molecular weight excluding hydrogens is 246 g/mol. The second kappa shape index (κ2) is 5.20. The second-order valence-corrected chi connectivity index (χ2v) is 3.66. The quantitative estimate of drug-likeness (QED) is 0.780. The van der Waals surface area contributed by atoms with E-state index in [1.165, 1.54) is 0 Å². The molecule has 1 aromatic heterocycles. The van der Waals surface area contributed by atoms with E-state index < -0.39 is 0 Å². The standard InChI is InChI=1S/C10H14BrNO2/c1-7(4-11)10-8(13-2)5-12-6-9(10)14-3/h5-7H,4H2,1-3H3. The highest BCUT2D eigenvalue weighted by Gasteiger charge is 2.16. The van der Waals surface area contributed by atoms with E-state index in [9.17, 15) is 0 Å². The summed E-state index contributed by atoms with van der Waals surface area (Å²) in [7, 11) is 3.28. The third-order valence-electron chi connectivity index (χ3n) is 2.08. The first kappa shape index (κ1) is 11.3. The maximum atomic E-state index is 5.25. The first-order valence-electron chi connectivity index (χ1n) is 4.36. The van der Waals surface area contributed by atoms with Crippen LogP contribution < -0.4 is 9.47 Å². The Kier molecular flexibility index (Phi) is 4.20. The highest BCUT2D eigenvalue weighted by molar-refractivity contribution is 9.09. The summed E-state index contributed by atoms with van der Waals surface area (Å²) >= 11 is 3.45. The molecule has 1 rings (SSSR count). The van der Waals surface area contributed by atoms with Gasteiger partial charge in [0.15, 0.2) is 0 Å². The summed E-state index contributed by atoms with van der Waals surface area (Å²) < 4.78 is 10.5. The van der Waals surface area contributed by atoms with Crippen LogP contribution in [0.3, 0.4) is 0 Å². The lowest BCUT2D eigenvalue weighted by atomic mass is 10.0. The number of alkyl halides is 1. The molecule has 0 bridgehead atoms. The van der Waals surface area contributed by atoms with Crippen LogP contribution in [0.5, 0.6) is 11.5 Å². The number of hydrogen-bond acceptors (Lipinski definition) is 3. The van der Waals surface area contributed by atoms with Gasteiger partial charge in [-0.15, -0.1) is 0 Å². The van der Waals surface area contributed by atoms with Gasteiger partial charge in [-0.25, -0.2) is 0 Å². The van der Waals surface area contributed by atoms with Crippen LogP contribution in [0.1, 0.15) is 18.4 Å². The molecule has 0 saturated carbocycles. The molecule has 0 saturated heterocycles. The Bertz CT molecular complexity index is 282. The van der Waals surface area contributed by atoms with Crippen molar-refractivity contribution in [3.8, 4) is 11.5 Å². The molecule has 1 heterocycles. The van der Waals surface area contributed by atoms with E-state index in [0.29, 0.717) is 5.92 Å². The van der Waals surface area contributed by atoms with E-state index in [-0.39, 0.29) is 0 Å². The number of halogens is 1. The SMILES string of the molecule is COc1cncc(OC)c1C(C)CBr. The second-order valence-electron chi connectivity index (χ2n) is 3.01. The van der Waals surface area contributed by atoms with Crippen molar-refractivity contribution in [1.29, 1.82) is 0 Å². The molecule has 0 radical (unpaired) electrons. The van der Waals surface area contributed by atoms with E-state index in [4.69, 9.17) is 9.47 Å². The molecular formula is C10H14BrNO2. The Balaban J connectivity index is 3.18. The lowest BCUT2D eigenvalue weighted by Gasteiger charge is -2.16. The monoisotopic (exact) mass is 259 g/mol. The summed E-state index contributed by atoms with van der Waals surface area (Å²) in [6, 6.07) is 0. The highest BCUT2D eigenvalue weighted by atomic mass is 79.9. The van der Waals surface area contributed by atoms with E-state index in [0.717, 1.165) is 22.4 Å². The zero-order valence-corrected chi connectivity index (χ0v) is 10.2. The molecule has 0 fully saturated rings. The smallest absolute Gasteiger partial charge is 0.144 e. The Hall–Kier alpha value is -0.770. The number of hydrogen-bond donors (Lipinski definition) is 0. The zero-order valence-electron chi connectivity index (χ0n) is 8.58. The fraction of sp³-hybridized carbons (Fsp3) is 0.500. The lowest BCUT2D eigenvalue weighted by molar-refractivity contribution is 0.379. The Morgan fingerprint density at radius 2 is 1.79 bits per heavy atom. The summed E-state index contributed by atoms with van der Waals surface area (Å²) in [5.74, 6) is 1.88. The van der Waals surface area contributed by atoms with Crippen LogP contribution in [0.25, 0.3) is 0 Å². The fourth-order valence-electron chi connectivity index (χ4n) is 1.32. The normalized spacial score (nSPS) is 12.3. The number of rotatable bonds is 4. The van der Waals surface area contributed by atoms with Gasteiger partial charge < -0.3 is 9.47 Å². The van der Waals surface area contributed by atoms with Crippen molar-refractivity contribution in [2.45, 2.75) is 12.8 Å². The Labute approximate surface area is 92.6 Å². The summed E-state index contributed by atoms with van der Waals surface area (Å²) in [6.07, 6.45) is 3.41. The van der Waals surface area contributed by atoms with Gasteiger partial charge in [-0.2, -0.15) is 0 Å². The molecule has 0 amide bonds. The van der Waals surface area contributed by atoms with Gasteiger partial charge in [0.05, 0.1) is 26.6 Å². The Morgan fingerprint density at radius 1 is 1.29 bits per heavy atom. The number of ether oxygens (including phenoxy) is 2. The minimum Gasteiger partial charge on any atom is -0.495 e. The highest BCUT2D eigenvalue weighted by Crippen LogP contribution is 2.34. The van der Waals surface area contributed by atoms with Gasteiger partial charge in [-0.05, 0) is 5.92 Å². The largest absolute Gasteiger partial charge is 0.495 e. The number of methoxy groups -OCH3 is 2. The van der Waals surface area contributed by atoms with Crippen LogP contribution in [-0.2, 0) is 0 Å². The molecule has 1 unspecified atom stereocenters. The molecule has 78 valence electrons. The number of pyridine rings is 1. The average Bonchev–Trinajstić information content (AvgIpc) is 2.26. The van der Waals surface area contributed by atoms with Crippen LogP contribution in [0.15, 0.2) is 12.4 Å². The molecule has 0 aliphatic heterocycles. The minimum absolute atomic E-state index is 0.336. The van der Waals surface area contributed by atoms with Crippen molar-refractivity contribution in [1.82, 2.24) is 4.98 Å². The lowest BCUT2D eigenvalue weighted by Crippen LogP contribution is -2.02. The first-order chi connectivity index (χ1) is 6.74. The molecule has 3 nitrogen and oxygen atoms in total. The van der Waals surface area contributed by atoms with Crippen LogP contribution in [0.2, 0.25) is 0 Å². The third-order valence-corrected chi connectivity index (χ3v) is 3.05. The van der Waals surface area contributed by atoms with Crippen molar-refractivity contribution >= 4 is 15.9 Å². The minimum atomic E-state index is 0.336. The first-order valence-corrected chi connectivity index (χ1v) is 5.48. The van der Waals surface area contributed by atoms with Crippen LogP contribution in [-0.4, -0.2) is 24.5 Å². The van der Waals surface area contributed by atoms with Gasteiger partial charge in [0.2, 0.25) is 0 Å². The van der Waals surface area contributed by atoms with E-state index in [1.807, 2.05) is 0 Å². The van der Waals surface area contributed by atoms with Gasteiger partial charge in [-0.1, -0.05) is 22.9 Å². The molecule has 14 heavy (non-hydrogen) atoms. The number of aromatic nitrogens is 1. The third kappa shape index (κ3) is 2.18. The molecule has 0 aliphatic carbocycles. The van der Waals surface area contributed by atoms with E-state index in [1.54, 1.807) is 26.6 Å². The van der Waals surface area contributed by atoms with Gasteiger partial charge in [0.1, 0.15) is 11.5 Å². The zero-order chi connectivity index (χ0) is 10.6. The van der Waals surface area contributed by atoms with Gasteiger partial charge in [-0.3, -0.25) is 4.98 Å².